The highest BCUT2D eigenvalue weighted by Crippen LogP contribution is 2.33. The molecule has 0 aliphatic heterocycles. The Balaban J connectivity index is 2.03. The van der Waals surface area contributed by atoms with Crippen LogP contribution in [0.1, 0.15) is 26.3 Å². The number of hydrogen-bond donors (Lipinski definition) is 2. The number of ether oxygens (including phenoxy) is 1. The first kappa shape index (κ1) is 18.2. The minimum atomic E-state index is -0.657. The number of aliphatic hydroxyl groups excluding tert-OH is 1. The smallest absolute Gasteiger partial charge is 0.415 e. The molecule has 1 aromatic heterocycles. The van der Waals surface area contributed by atoms with E-state index in [2.05, 4.69) is 10.3 Å². The first-order valence-electron chi connectivity index (χ1n) is 8.05. The number of halogens is 1. The van der Waals surface area contributed by atoms with Crippen molar-refractivity contribution in [3.8, 4) is 11.1 Å². The van der Waals surface area contributed by atoms with Crippen LogP contribution in [0.3, 0.4) is 0 Å². The van der Waals surface area contributed by atoms with E-state index in [4.69, 9.17) is 20.8 Å². The normalized spacial score (nSPS) is 11.6. The van der Waals surface area contributed by atoms with E-state index >= 15 is 0 Å². The Morgan fingerprint density at radius 1 is 1.31 bits per heavy atom. The second-order valence-electron chi connectivity index (χ2n) is 6.80. The molecule has 2 aromatic carbocycles. The van der Waals surface area contributed by atoms with E-state index < -0.39 is 11.7 Å². The van der Waals surface area contributed by atoms with Gasteiger partial charge in [0.1, 0.15) is 11.1 Å². The van der Waals surface area contributed by atoms with E-state index in [0.717, 1.165) is 11.1 Å². The fourth-order valence-corrected chi connectivity index (χ4v) is 2.69. The van der Waals surface area contributed by atoms with Crippen molar-refractivity contribution in [3.05, 3.63) is 47.0 Å². The number of nitrogens with zero attached hydrogens (tertiary/aromatic N) is 1. The SMILES string of the molecule is CC(C)(C)OC(=O)Nc1nc2c(-c3cccc(Cl)c3)cc(CO)cc2o1. The van der Waals surface area contributed by atoms with Crippen LogP contribution in [0.25, 0.3) is 22.2 Å². The van der Waals surface area contributed by atoms with Crippen LogP contribution in [0.5, 0.6) is 0 Å². The molecule has 3 aromatic rings. The molecule has 2 N–H and O–H groups in total. The zero-order valence-electron chi connectivity index (χ0n) is 14.7. The summed E-state index contributed by atoms with van der Waals surface area (Å²) < 4.78 is 10.8. The van der Waals surface area contributed by atoms with E-state index in [-0.39, 0.29) is 12.6 Å². The number of hydrogen-bond acceptors (Lipinski definition) is 5. The number of anilines is 1. The van der Waals surface area contributed by atoms with Crippen molar-refractivity contribution >= 4 is 34.8 Å². The fraction of sp³-hybridized carbons (Fsp3) is 0.263. The van der Waals surface area contributed by atoms with Gasteiger partial charge in [-0.3, -0.25) is 0 Å². The topological polar surface area (TPSA) is 84.6 Å². The summed E-state index contributed by atoms with van der Waals surface area (Å²) in [7, 11) is 0. The fourth-order valence-electron chi connectivity index (χ4n) is 2.50. The predicted molar refractivity (Wildman–Crippen MR) is 100 cm³/mol. The maximum atomic E-state index is 11.9. The number of aliphatic hydroxyl groups is 1. The van der Waals surface area contributed by atoms with Crippen LogP contribution in [0, 0.1) is 0 Å². The van der Waals surface area contributed by atoms with E-state index in [1.54, 1.807) is 39.0 Å². The van der Waals surface area contributed by atoms with E-state index in [9.17, 15) is 9.90 Å². The van der Waals surface area contributed by atoms with Crippen molar-refractivity contribution in [2.24, 2.45) is 0 Å². The minimum absolute atomic E-state index is 0.0209. The molecule has 0 radical (unpaired) electrons. The van der Waals surface area contributed by atoms with Gasteiger partial charge < -0.3 is 14.3 Å². The molecule has 0 bridgehead atoms. The zero-order valence-corrected chi connectivity index (χ0v) is 15.4. The lowest BCUT2D eigenvalue weighted by Gasteiger charge is -2.18. The molecule has 7 heteroatoms. The number of oxazole rings is 1. The van der Waals surface area contributed by atoms with Crippen molar-refractivity contribution in [2.45, 2.75) is 33.0 Å². The van der Waals surface area contributed by atoms with Gasteiger partial charge in [0.25, 0.3) is 0 Å². The maximum absolute atomic E-state index is 11.9. The minimum Gasteiger partial charge on any atom is -0.443 e. The molecule has 0 atom stereocenters. The Bertz CT molecular complexity index is 960. The average molecular weight is 375 g/mol. The summed E-state index contributed by atoms with van der Waals surface area (Å²) >= 11 is 6.09. The number of carbonyl (C=O) groups excluding carboxylic acids is 1. The van der Waals surface area contributed by atoms with E-state index in [0.29, 0.717) is 21.7 Å². The number of amides is 1. The molecule has 0 spiro atoms. The molecular formula is C19H19ClN2O4. The van der Waals surface area contributed by atoms with Gasteiger partial charge in [0, 0.05) is 10.6 Å². The predicted octanol–water partition coefficient (Wildman–Crippen LogP) is 4.99. The third kappa shape index (κ3) is 4.15. The van der Waals surface area contributed by atoms with Crippen LogP contribution in [-0.2, 0) is 11.3 Å². The summed E-state index contributed by atoms with van der Waals surface area (Å²) in [6.45, 7) is 5.15. The van der Waals surface area contributed by atoms with Gasteiger partial charge in [0.15, 0.2) is 5.58 Å². The molecular weight excluding hydrogens is 356 g/mol. The average Bonchev–Trinajstić information content (AvgIpc) is 2.93. The second kappa shape index (κ2) is 6.97. The summed E-state index contributed by atoms with van der Waals surface area (Å²) in [5.74, 6) is 0. The number of rotatable bonds is 3. The first-order valence-corrected chi connectivity index (χ1v) is 8.43. The number of fused-ring (bicyclic) bond motifs is 1. The lowest BCUT2D eigenvalue weighted by atomic mass is 10.0. The summed E-state index contributed by atoms with van der Waals surface area (Å²) in [6, 6.07) is 10.8. The van der Waals surface area contributed by atoms with Gasteiger partial charge in [-0.05, 0) is 56.2 Å². The largest absolute Gasteiger partial charge is 0.443 e. The summed E-state index contributed by atoms with van der Waals surface area (Å²) in [5, 5.41) is 12.6. The molecule has 1 amide bonds. The number of nitrogens with one attached hydrogen (secondary N) is 1. The monoisotopic (exact) mass is 374 g/mol. The molecule has 3 rings (SSSR count). The van der Waals surface area contributed by atoms with Crippen LogP contribution in [-0.4, -0.2) is 21.8 Å². The van der Waals surface area contributed by atoms with Gasteiger partial charge >= 0.3 is 12.1 Å². The van der Waals surface area contributed by atoms with Crippen molar-refractivity contribution in [1.29, 1.82) is 0 Å². The Morgan fingerprint density at radius 3 is 2.73 bits per heavy atom. The van der Waals surface area contributed by atoms with Crippen LogP contribution in [0.2, 0.25) is 5.02 Å². The highest BCUT2D eigenvalue weighted by atomic mass is 35.5. The number of aromatic nitrogens is 1. The maximum Gasteiger partial charge on any atom is 0.415 e. The Labute approximate surface area is 155 Å². The lowest BCUT2D eigenvalue weighted by molar-refractivity contribution is 0.0632. The molecule has 136 valence electrons. The Morgan fingerprint density at radius 2 is 2.08 bits per heavy atom. The second-order valence-corrected chi connectivity index (χ2v) is 7.24. The van der Waals surface area contributed by atoms with Crippen LogP contribution in [0.15, 0.2) is 40.8 Å². The first-order chi connectivity index (χ1) is 12.2. The van der Waals surface area contributed by atoms with Crippen LogP contribution >= 0.6 is 11.6 Å². The third-order valence-corrected chi connectivity index (χ3v) is 3.72. The van der Waals surface area contributed by atoms with Gasteiger partial charge in [-0.2, -0.15) is 4.98 Å². The molecule has 0 aliphatic carbocycles. The van der Waals surface area contributed by atoms with Crippen molar-refractivity contribution in [3.63, 3.8) is 0 Å². The van der Waals surface area contributed by atoms with Crippen molar-refractivity contribution in [1.82, 2.24) is 4.98 Å². The molecule has 26 heavy (non-hydrogen) atoms. The summed E-state index contributed by atoms with van der Waals surface area (Å²) in [5.41, 5.74) is 2.59. The van der Waals surface area contributed by atoms with E-state index in [1.807, 2.05) is 18.2 Å². The lowest BCUT2D eigenvalue weighted by Crippen LogP contribution is -2.27. The third-order valence-electron chi connectivity index (χ3n) is 3.48. The molecule has 0 aliphatic rings. The van der Waals surface area contributed by atoms with Crippen molar-refractivity contribution in [2.75, 3.05) is 5.32 Å². The molecule has 0 saturated heterocycles. The van der Waals surface area contributed by atoms with Crippen LogP contribution < -0.4 is 5.32 Å². The van der Waals surface area contributed by atoms with Gasteiger partial charge in [-0.1, -0.05) is 23.7 Å². The van der Waals surface area contributed by atoms with E-state index in [1.165, 1.54) is 0 Å². The molecule has 0 unspecified atom stereocenters. The van der Waals surface area contributed by atoms with Gasteiger partial charge in [0.05, 0.1) is 6.61 Å². The molecule has 0 fully saturated rings. The number of benzene rings is 2. The van der Waals surface area contributed by atoms with Crippen molar-refractivity contribution < 1.29 is 19.1 Å². The Kier molecular flexibility index (Phi) is 4.89. The van der Waals surface area contributed by atoms with Gasteiger partial charge in [0.2, 0.25) is 0 Å². The highest BCUT2D eigenvalue weighted by Gasteiger charge is 2.19. The zero-order chi connectivity index (χ0) is 18.9. The quantitative estimate of drug-likeness (QED) is 0.674. The number of carbonyl (C=O) groups is 1. The summed E-state index contributed by atoms with van der Waals surface area (Å²) in [4.78, 5) is 16.3. The molecule has 0 saturated carbocycles. The van der Waals surface area contributed by atoms with Gasteiger partial charge in [-0.15, -0.1) is 0 Å². The van der Waals surface area contributed by atoms with Gasteiger partial charge in [-0.25, -0.2) is 10.1 Å². The molecule has 6 nitrogen and oxygen atoms in total. The Hall–Kier alpha value is -2.57. The highest BCUT2D eigenvalue weighted by molar-refractivity contribution is 6.30. The van der Waals surface area contributed by atoms with Crippen LogP contribution in [0.4, 0.5) is 10.8 Å². The summed E-state index contributed by atoms with van der Waals surface area (Å²) in [6.07, 6.45) is -0.657. The molecule has 1 heterocycles. The standard InChI is InChI=1S/C19H19ClN2O4/c1-19(2,3)26-18(24)22-17-21-16-14(12-5-4-6-13(20)9-12)7-11(10-23)8-15(16)25-17/h4-9,23H,10H2,1-3H3,(H,21,22,24).